The second-order valence-electron chi connectivity index (χ2n) is 5.85. The summed E-state index contributed by atoms with van der Waals surface area (Å²) in [5.41, 5.74) is 3.72. The molecule has 2 heterocycles. The molecule has 0 fully saturated rings. The van der Waals surface area contributed by atoms with Crippen LogP contribution in [0.2, 0.25) is 0 Å². The Bertz CT molecular complexity index is 977. The molecular weight excluding hydrogens is 336 g/mol. The van der Waals surface area contributed by atoms with Crippen molar-refractivity contribution in [3.05, 3.63) is 51.9 Å². The van der Waals surface area contributed by atoms with Gasteiger partial charge < -0.3 is 9.88 Å². The Hall–Kier alpha value is -2.54. The minimum Gasteiger partial charge on any atom is -0.353 e. The SMILES string of the molecule is CCN(C(=O)CSc1nc2cc(C)[nH]c2c(=O)[nH]1)c1cccc(C)c1. The maximum absolute atomic E-state index is 12.6. The van der Waals surface area contributed by atoms with Crippen molar-refractivity contribution in [1.82, 2.24) is 15.0 Å². The molecule has 0 aliphatic rings. The molecular formula is C18H20N4O2S. The number of H-pyrrole nitrogens is 2. The zero-order valence-corrected chi connectivity index (χ0v) is 15.2. The van der Waals surface area contributed by atoms with Gasteiger partial charge in [0.15, 0.2) is 5.16 Å². The van der Waals surface area contributed by atoms with E-state index in [-0.39, 0.29) is 17.2 Å². The third-order valence-electron chi connectivity index (χ3n) is 3.86. The molecule has 3 aromatic rings. The summed E-state index contributed by atoms with van der Waals surface area (Å²) in [6.45, 7) is 6.40. The summed E-state index contributed by atoms with van der Waals surface area (Å²) in [6.07, 6.45) is 0. The number of rotatable bonds is 5. The van der Waals surface area contributed by atoms with E-state index in [1.54, 1.807) is 4.90 Å². The van der Waals surface area contributed by atoms with Crippen molar-refractivity contribution < 1.29 is 4.79 Å². The van der Waals surface area contributed by atoms with Gasteiger partial charge in [-0.2, -0.15) is 0 Å². The lowest BCUT2D eigenvalue weighted by Crippen LogP contribution is -2.32. The molecule has 0 bridgehead atoms. The average molecular weight is 356 g/mol. The number of carbonyl (C=O) groups is 1. The van der Waals surface area contributed by atoms with Crippen molar-refractivity contribution in [3.63, 3.8) is 0 Å². The monoisotopic (exact) mass is 356 g/mol. The van der Waals surface area contributed by atoms with Crippen molar-refractivity contribution >= 4 is 34.4 Å². The first-order valence-corrected chi connectivity index (χ1v) is 9.06. The Morgan fingerprint density at radius 3 is 2.76 bits per heavy atom. The molecule has 0 saturated carbocycles. The van der Waals surface area contributed by atoms with Crippen LogP contribution in [0.25, 0.3) is 11.0 Å². The maximum Gasteiger partial charge on any atom is 0.275 e. The topological polar surface area (TPSA) is 81.8 Å². The number of nitrogens with zero attached hydrogens (tertiary/aromatic N) is 2. The summed E-state index contributed by atoms with van der Waals surface area (Å²) in [7, 11) is 0. The van der Waals surface area contributed by atoms with Gasteiger partial charge >= 0.3 is 0 Å². The van der Waals surface area contributed by atoms with Crippen molar-refractivity contribution in [3.8, 4) is 0 Å². The van der Waals surface area contributed by atoms with Crippen LogP contribution in [0, 0.1) is 13.8 Å². The molecule has 3 rings (SSSR count). The number of aromatic nitrogens is 3. The molecule has 1 aromatic carbocycles. The van der Waals surface area contributed by atoms with E-state index >= 15 is 0 Å². The maximum atomic E-state index is 12.6. The van der Waals surface area contributed by atoms with Crippen LogP contribution in [0.5, 0.6) is 0 Å². The van der Waals surface area contributed by atoms with Crippen LogP contribution in [0.15, 0.2) is 40.3 Å². The van der Waals surface area contributed by atoms with E-state index in [1.807, 2.05) is 51.1 Å². The van der Waals surface area contributed by atoms with E-state index in [4.69, 9.17) is 0 Å². The Balaban J connectivity index is 1.76. The third-order valence-corrected chi connectivity index (χ3v) is 4.72. The van der Waals surface area contributed by atoms with Crippen LogP contribution in [0.3, 0.4) is 0 Å². The molecule has 7 heteroatoms. The number of aryl methyl sites for hydroxylation is 2. The zero-order chi connectivity index (χ0) is 18.0. The fraction of sp³-hybridized carbons (Fsp3) is 0.278. The van der Waals surface area contributed by atoms with E-state index < -0.39 is 0 Å². The molecule has 2 aromatic heterocycles. The summed E-state index contributed by atoms with van der Waals surface area (Å²) in [6, 6.07) is 9.67. The van der Waals surface area contributed by atoms with Gasteiger partial charge in [0.1, 0.15) is 5.52 Å². The summed E-state index contributed by atoms with van der Waals surface area (Å²) >= 11 is 1.24. The number of hydrogen-bond donors (Lipinski definition) is 2. The van der Waals surface area contributed by atoms with Gasteiger partial charge in [-0.15, -0.1) is 0 Å². The minimum atomic E-state index is -0.223. The van der Waals surface area contributed by atoms with Gasteiger partial charge in [0.2, 0.25) is 5.91 Å². The van der Waals surface area contributed by atoms with Gasteiger partial charge in [0, 0.05) is 17.9 Å². The Labute approximate surface area is 149 Å². The first-order valence-electron chi connectivity index (χ1n) is 8.07. The highest BCUT2D eigenvalue weighted by Crippen LogP contribution is 2.20. The molecule has 0 unspecified atom stereocenters. The third kappa shape index (κ3) is 3.76. The Morgan fingerprint density at radius 2 is 2.04 bits per heavy atom. The van der Waals surface area contributed by atoms with Crippen LogP contribution in [0.4, 0.5) is 5.69 Å². The molecule has 0 aliphatic heterocycles. The van der Waals surface area contributed by atoms with Gasteiger partial charge in [-0.05, 0) is 44.5 Å². The highest BCUT2D eigenvalue weighted by Gasteiger charge is 2.15. The number of fused-ring (bicyclic) bond motifs is 1. The van der Waals surface area contributed by atoms with Crippen LogP contribution in [-0.4, -0.2) is 33.2 Å². The van der Waals surface area contributed by atoms with Gasteiger partial charge in [0.25, 0.3) is 5.56 Å². The van der Waals surface area contributed by atoms with Crippen molar-refractivity contribution in [2.45, 2.75) is 25.9 Å². The van der Waals surface area contributed by atoms with Gasteiger partial charge in [0.05, 0.1) is 11.3 Å². The number of nitrogens with one attached hydrogen (secondary N) is 2. The summed E-state index contributed by atoms with van der Waals surface area (Å²) in [4.78, 5) is 36.5. The quantitative estimate of drug-likeness (QED) is 0.544. The number of anilines is 1. The average Bonchev–Trinajstić information content (AvgIpc) is 2.95. The zero-order valence-electron chi connectivity index (χ0n) is 14.4. The number of benzene rings is 1. The number of amides is 1. The van der Waals surface area contributed by atoms with E-state index in [1.165, 1.54) is 11.8 Å². The number of aromatic amines is 2. The molecule has 130 valence electrons. The summed E-state index contributed by atoms with van der Waals surface area (Å²) in [5, 5.41) is 0.449. The second kappa shape index (κ2) is 7.14. The van der Waals surface area contributed by atoms with E-state index in [9.17, 15) is 9.59 Å². The first kappa shape index (κ1) is 17.3. The number of carbonyl (C=O) groups excluding carboxylic acids is 1. The largest absolute Gasteiger partial charge is 0.353 e. The number of thioether (sulfide) groups is 1. The lowest BCUT2D eigenvalue weighted by molar-refractivity contribution is -0.116. The first-order chi connectivity index (χ1) is 12.0. The molecule has 2 N–H and O–H groups in total. The van der Waals surface area contributed by atoms with Gasteiger partial charge in [-0.25, -0.2) is 4.98 Å². The Kier molecular flexibility index (Phi) is 4.94. The minimum absolute atomic E-state index is 0.0221. The van der Waals surface area contributed by atoms with E-state index in [2.05, 4.69) is 15.0 Å². The van der Waals surface area contributed by atoms with E-state index in [0.29, 0.717) is 22.7 Å². The van der Waals surface area contributed by atoms with Crippen LogP contribution in [-0.2, 0) is 4.79 Å². The highest BCUT2D eigenvalue weighted by atomic mass is 32.2. The van der Waals surface area contributed by atoms with Crippen LogP contribution in [0.1, 0.15) is 18.2 Å². The fourth-order valence-corrected chi connectivity index (χ4v) is 3.45. The van der Waals surface area contributed by atoms with E-state index in [0.717, 1.165) is 16.9 Å². The molecule has 0 saturated heterocycles. The van der Waals surface area contributed by atoms with Crippen molar-refractivity contribution in [1.29, 1.82) is 0 Å². The lowest BCUT2D eigenvalue weighted by Gasteiger charge is -2.21. The Morgan fingerprint density at radius 1 is 1.24 bits per heavy atom. The van der Waals surface area contributed by atoms with Crippen molar-refractivity contribution in [2.75, 3.05) is 17.2 Å². The molecule has 25 heavy (non-hydrogen) atoms. The smallest absolute Gasteiger partial charge is 0.275 e. The molecule has 1 amide bonds. The summed E-state index contributed by atoms with van der Waals surface area (Å²) < 4.78 is 0. The predicted molar refractivity (Wildman–Crippen MR) is 101 cm³/mol. The molecule has 0 atom stereocenters. The normalized spacial score (nSPS) is 11.0. The van der Waals surface area contributed by atoms with Gasteiger partial charge in [-0.3, -0.25) is 14.6 Å². The summed E-state index contributed by atoms with van der Waals surface area (Å²) in [5.74, 6) is 0.186. The lowest BCUT2D eigenvalue weighted by atomic mass is 10.2. The highest BCUT2D eigenvalue weighted by molar-refractivity contribution is 7.99. The van der Waals surface area contributed by atoms with Crippen LogP contribution >= 0.6 is 11.8 Å². The standard InChI is InChI=1S/C18H20N4O2S/c1-4-22(13-7-5-6-11(2)8-13)15(23)10-25-18-20-14-9-12(3)19-16(14)17(24)21-18/h5-9,19H,4,10H2,1-3H3,(H,20,21,24). The van der Waals surface area contributed by atoms with Crippen LogP contribution < -0.4 is 10.5 Å². The fourth-order valence-electron chi connectivity index (χ4n) is 2.71. The molecule has 6 nitrogen and oxygen atoms in total. The number of hydrogen-bond acceptors (Lipinski definition) is 4. The molecule has 0 spiro atoms. The van der Waals surface area contributed by atoms with Gasteiger partial charge in [-0.1, -0.05) is 23.9 Å². The second-order valence-corrected chi connectivity index (χ2v) is 6.81. The molecule has 0 radical (unpaired) electrons. The molecule has 0 aliphatic carbocycles. The van der Waals surface area contributed by atoms with Crippen molar-refractivity contribution in [2.24, 2.45) is 0 Å². The predicted octanol–water partition coefficient (Wildman–Crippen LogP) is 3.01.